The molecular weight excluding hydrogens is 312 g/mol. The molecule has 0 heterocycles. The smallest absolute Gasteiger partial charge is 0.338 e. The Morgan fingerprint density at radius 2 is 1.76 bits per heavy atom. The van der Waals surface area contributed by atoms with Gasteiger partial charge < -0.3 is 9.84 Å². The van der Waals surface area contributed by atoms with E-state index in [0.717, 1.165) is 18.3 Å². The summed E-state index contributed by atoms with van der Waals surface area (Å²) in [5.41, 5.74) is 0.807. The van der Waals surface area contributed by atoms with Crippen molar-refractivity contribution in [3.63, 3.8) is 0 Å². The van der Waals surface area contributed by atoms with Crippen LogP contribution in [0.3, 0.4) is 0 Å². The number of carbonyl (C=O) groups excluding carboxylic acids is 1. The van der Waals surface area contributed by atoms with Gasteiger partial charge in [-0.3, -0.25) is 0 Å². The number of esters is 1. The van der Waals surface area contributed by atoms with Gasteiger partial charge >= 0.3 is 5.97 Å². The van der Waals surface area contributed by atoms with E-state index < -0.39 is 5.60 Å². The van der Waals surface area contributed by atoms with E-state index in [4.69, 9.17) is 4.74 Å². The number of phenolic OH excluding ortho intramolecular Hbond substituents is 1. The van der Waals surface area contributed by atoms with Gasteiger partial charge in [-0.1, -0.05) is 20.8 Å². The monoisotopic (exact) mass is 342 g/mol. The number of aromatic hydroxyl groups is 1. The third-order valence-electron chi connectivity index (χ3n) is 8.20. The third-order valence-corrected chi connectivity index (χ3v) is 8.20. The van der Waals surface area contributed by atoms with E-state index in [1.807, 2.05) is 0 Å². The van der Waals surface area contributed by atoms with Crippen molar-refractivity contribution in [3.05, 3.63) is 29.8 Å². The van der Waals surface area contributed by atoms with Crippen LogP contribution in [0.1, 0.15) is 70.2 Å². The van der Waals surface area contributed by atoms with E-state index in [2.05, 4.69) is 27.7 Å². The summed E-state index contributed by atoms with van der Waals surface area (Å²) in [6.45, 7) is 9.39. The summed E-state index contributed by atoms with van der Waals surface area (Å²) in [4.78, 5) is 12.7. The van der Waals surface area contributed by atoms with Crippen molar-refractivity contribution in [2.75, 3.05) is 0 Å². The minimum Gasteiger partial charge on any atom is -0.508 e. The molecule has 4 rings (SSSR count). The fraction of sp³-hybridized carbons (Fsp3) is 0.682. The van der Waals surface area contributed by atoms with Gasteiger partial charge in [0.1, 0.15) is 11.4 Å². The second kappa shape index (κ2) is 5.25. The molecule has 3 fully saturated rings. The molecule has 5 atom stereocenters. The van der Waals surface area contributed by atoms with E-state index in [1.165, 1.54) is 25.7 Å². The maximum Gasteiger partial charge on any atom is 0.338 e. The zero-order valence-electron chi connectivity index (χ0n) is 15.8. The van der Waals surface area contributed by atoms with Gasteiger partial charge in [0.2, 0.25) is 0 Å². The molecule has 1 spiro atoms. The quantitative estimate of drug-likeness (QED) is 0.753. The van der Waals surface area contributed by atoms with Gasteiger partial charge in [-0.25, -0.2) is 4.79 Å². The molecule has 3 saturated carbocycles. The highest BCUT2D eigenvalue weighted by Crippen LogP contribution is 2.73. The summed E-state index contributed by atoms with van der Waals surface area (Å²) in [6.07, 6.45) is 6.02. The Balaban J connectivity index is 1.61. The summed E-state index contributed by atoms with van der Waals surface area (Å²) in [5, 5.41) is 9.43. The van der Waals surface area contributed by atoms with E-state index in [0.29, 0.717) is 16.9 Å². The fourth-order valence-electron chi connectivity index (χ4n) is 6.85. The maximum atomic E-state index is 12.7. The number of ether oxygens (including phenoxy) is 1. The van der Waals surface area contributed by atoms with Crippen molar-refractivity contribution in [2.24, 2.45) is 28.6 Å². The first-order valence-electron chi connectivity index (χ1n) is 9.71. The highest BCUT2D eigenvalue weighted by Gasteiger charge is 2.68. The van der Waals surface area contributed by atoms with Crippen LogP contribution in [0.2, 0.25) is 0 Å². The number of hydrogen-bond acceptors (Lipinski definition) is 3. The van der Waals surface area contributed by atoms with Crippen molar-refractivity contribution in [1.82, 2.24) is 0 Å². The van der Waals surface area contributed by atoms with Gasteiger partial charge in [-0.15, -0.1) is 0 Å². The molecule has 0 unspecified atom stereocenters. The van der Waals surface area contributed by atoms with Crippen molar-refractivity contribution < 1.29 is 14.6 Å². The lowest BCUT2D eigenvalue weighted by Crippen LogP contribution is -2.47. The maximum absolute atomic E-state index is 12.7. The lowest BCUT2D eigenvalue weighted by molar-refractivity contribution is -0.0882. The van der Waals surface area contributed by atoms with Crippen LogP contribution >= 0.6 is 0 Å². The zero-order chi connectivity index (χ0) is 18.0. The molecule has 1 aromatic carbocycles. The Kier molecular flexibility index (Phi) is 3.55. The molecule has 2 bridgehead atoms. The number of hydrogen-bond donors (Lipinski definition) is 1. The lowest BCUT2D eigenvalue weighted by Gasteiger charge is -2.46. The highest BCUT2D eigenvalue weighted by molar-refractivity contribution is 5.89. The fourth-order valence-corrected chi connectivity index (χ4v) is 6.85. The molecule has 3 heteroatoms. The molecule has 3 nitrogen and oxygen atoms in total. The number of phenols is 1. The summed E-state index contributed by atoms with van der Waals surface area (Å²) in [7, 11) is 0. The van der Waals surface area contributed by atoms with Gasteiger partial charge in [0.05, 0.1) is 5.56 Å². The SMILES string of the molecule is C[C@@H]1CC[C@H]2C(C)(C)[C@H]3C[C@@]12CC[C@@]3(C)OC(=O)c1ccc(O)cc1. The van der Waals surface area contributed by atoms with Crippen molar-refractivity contribution >= 4 is 5.97 Å². The normalized spacial score (nSPS) is 41.4. The van der Waals surface area contributed by atoms with Gasteiger partial charge in [-0.05, 0) is 86.0 Å². The standard InChI is InChI=1S/C22H30O3/c1-14-5-10-17-20(2,3)18-13-22(14,17)12-11-21(18,4)25-19(24)15-6-8-16(23)9-7-15/h6-9,14,17-18,23H,5,10-13H2,1-4H3/t14-,17+,18-,21-,22+/m1/s1. The minimum absolute atomic E-state index is 0.168. The Morgan fingerprint density at radius 1 is 1.08 bits per heavy atom. The Bertz CT molecular complexity index is 692. The second-order valence-electron chi connectivity index (χ2n) is 9.59. The van der Waals surface area contributed by atoms with E-state index in [-0.39, 0.29) is 17.1 Å². The molecule has 25 heavy (non-hydrogen) atoms. The number of fused-ring (bicyclic) bond motifs is 1. The lowest BCUT2D eigenvalue weighted by atomic mass is 9.64. The van der Waals surface area contributed by atoms with Gasteiger partial charge in [0, 0.05) is 5.92 Å². The topological polar surface area (TPSA) is 46.5 Å². The molecule has 0 saturated heterocycles. The molecule has 0 aliphatic heterocycles. The van der Waals surface area contributed by atoms with Crippen LogP contribution in [0.15, 0.2) is 24.3 Å². The van der Waals surface area contributed by atoms with Gasteiger partial charge in [0.15, 0.2) is 0 Å². The Labute approximate surface area is 150 Å². The van der Waals surface area contributed by atoms with Crippen molar-refractivity contribution in [3.8, 4) is 5.75 Å². The first-order valence-corrected chi connectivity index (χ1v) is 9.71. The van der Waals surface area contributed by atoms with Crippen LogP contribution in [0.4, 0.5) is 0 Å². The number of rotatable bonds is 2. The molecule has 3 aliphatic carbocycles. The summed E-state index contributed by atoms with van der Waals surface area (Å²) in [6, 6.07) is 6.37. The average Bonchev–Trinajstić information content (AvgIpc) is 2.97. The molecule has 0 amide bonds. The zero-order valence-corrected chi connectivity index (χ0v) is 15.8. The van der Waals surface area contributed by atoms with Crippen LogP contribution in [0.25, 0.3) is 0 Å². The molecular formula is C22H30O3. The third kappa shape index (κ3) is 2.27. The largest absolute Gasteiger partial charge is 0.508 e. The van der Waals surface area contributed by atoms with Gasteiger partial charge in [-0.2, -0.15) is 0 Å². The predicted octanol–water partition coefficient (Wildman–Crippen LogP) is 5.18. The number of benzene rings is 1. The molecule has 3 aliphatic rings. The predicted molar refractivity (Wildman–Crippen MR) is 97.4 cm³/mol. The van der Waals surface area contributed by atoms with Crippen LogP contribution in [0.5, 0.6) is 5.75 Å². The minimum atomic E-state index is -0.395. The first kappa shape index (κ1) is 16.9. The van der Waals surface area contributed by atoms with Crippen LogP contribution in [0, 0.1) is 28.6 Å². The van der Waals surface area contributed by atoms with Crippen LogP contribution in [-0.2, 0) is 4.74 Å². The summed E-state index contributed by atoms with van der Waals surface area (Å²) >= 11 is 0. The molecule has 0 radical (unpaired) electrons. The Hall–Kier alpha value is -1.51. The summed E-state index contributed by atoms with van der Waals surface area (Å²) in [5.74, 6) is 1.87. The highest BCUT2D eigenvalue weighted by atomic mass is 16.6. The molecule has 0 aromatic heterocycles. The first-order chi connectivity index (χ1) is 11.7. The summed E-state index contributed by atoms with van der Waals surface area (Å²) < 4.78 is 6.15. The van der Waals surface area contributed by atoms with Crippen LogP contribution in [-0.4, -0.2) is 16.7 Å². The van der Waals surface area contributed by atoms with Crippen LogP contribution < -0.4 is 0 Å². The van der Waals surface area contributed by atoms with Crippen molar-refractivity contribution in [2.45, 2.75) is 65.4 Å². The Morgan fingerprint density at radius 3 is 2.44 bits per heavy atom. The van der Waals surface area contributed by atoms with Crippen molar-refractivity contribution in [1.29, 1.82) is 0 Å². The number of carbonyl (C=O) groups is 1. The molecule has 1 aromatic rings. The van der Waals surface area contributed by atoms with Gasteiger partial charge in [0.25, 0.3) is 0 Å². The van der Waals surface area contributed by atoms with E-state index >= 15 is 0 Å². The van der Waals surface area contributed by atoms with E-state index in [9.17, 15) is 9.90 Å². The average molecular weight is 342 g/mol. The second-order valence-corrected chi connectivity index (χ2v) is 9.59. The molecule has 136 valence electrons. The van der Waals surface area contributed by atoms with E-state index in [1.54, 1.807) is 24.3 Å². The molecule has 1 N–H and O–H groups in total.